The van der Waals surface area contributed by atoms with Crippen molar-refractivity contribution in [2.45, 2.75) is 46.6 Å². The van der Waals surface area contributed by atoms with E-state index in [1.54, 1.807) is 6.26 Å². The van der Waals surface area contributed by atoms with Gasteiger partial charge in [-0.15, -0.1) is 0 Å². The molecule has 2 aromatic carbocycles. The zero-order chi connectivity index (χ0) is 23.4. The summed E-state index contributed by atoms with van der Waals surface area (Å²) in [7, 11) is 0. The normalized spacial score (nSPS) is 14.7. The van der Waals surface area contributed by atoms with Crippen LogP contribution in [0, 0.1) is 5.82 Å². The Kier molecular flexibility index (Phi) is 12.8. The predicted molar refractivity (Wildman–Crippen MR) is 132 cm³/mol. The molecule has 4 nitrogen and oxygen atoms in total. The van der Waals surface area contributed by atoms with Gasteiger partial charge in [-0.2, -0.15) is 0 Å². The molecule has 1 aliphatic heterocycles. The van der Waals surface area contributed by atoms with Crippen LogP contribution in [0.2, 0.25) is 10.0 Å². The number of amides is 1. The van der Waals surface area contributed by atoms with E-state index in [-0.39, 0.29) is 22.4 Å². The summed E-state index contributed by atoms with van der Waals surface area (Å²) in [6.45, 7) is 9.30. The van der Waals surface area contributed by atoms with Crippen molar-refractivity contribution in [2.75, 3.05) is 24.3 Å². The van der Waals surface area contributed by atoms with Crippen molar-refractivity contribution < 1.29 is 13.9 Å². The number of nitrogens with one attached hydrogen (secondary N) is 1. The summed E-state index contributed by atoms with van der Waals surface area (Å²) in [6.07, 6.45) is 3.70. The second kappa shape index (κ2) is 14.4. The molecular formula is C23H31Cl2FN2O2S. The Morgan fingerprint density at radius 3 is 2.45 bits per heavy atom. The van der Waals surface area contributed by atoms with Crippen LogP contribution in [0.15, 0.2) is 36.4 Å². The summed E-state index contributed by atoms with van der Waals surface area (Å²) >= 11 is 13.2. The largest absolute Gasteiger partial charge is 0.490 e. The molecule has 1 fully saturated rings. The lowest BCUT2D eigenvalue weighted by atomic mass is 10.2. The van der Waals surface area contributed by atoms with Gasteiger partial charge in [0.25, 0.3) is 5.91 Å². The van der Waals surface area contributed by atoms with E-state index in [1.807, 2.05) is 52.0 Å². The van der Waals surface area contributed by atoms with Crippen LogP contribution in [0.4, 0.5) is 10.1 Å². The lowest BCUT2D eigenvalue weighted by Crippen LogP contribution is -2.34. The predicted octanol–water partition coefficient (Wildman–Crippen LogP) is 7.24. The Morgan fingerprint density at radius 1 is 1.19 bits per heavy atom. The molecule has 1 saturated heterocycles. The summed E-state index contributed by atoms with van der Waals surface area (Å²) < 4.78 is 22.5. The lowest BCUT2D eigenvalue weighted by Gasteiger charge is -2.27. The Bertz CT molecular complexity index is 822. The summed E-state index contributed by atoms with van der Waals surface area (Å²) in [5.74, 6) is -0.960. The molecule has 31 heavy (non-hydrogen) atoms. The SMILES string of the molecule is CC.CC.CSNC(=O)c1cc(Cl)c(OCC2CCCN2c2ccc(Cl)cc2)cc1F. The number of hydrogen-bond donors (Lipinski definition) is 1. The Morgan fingerprint density at radius 2 is 1.84 bits per heavy atom. The maximum absolute atomic E-state index is 14.3. The molecule has 1 amide bonds. The molecule has 1 aliphatic rings. The molecule has 0 aliphatic carbocycles. The van der Waals surface area contributed by atoms with Crippen LogP contribution < -0.4 is 14.4 Å². The van der Waals surface area contributed by atoms with Crippen LogP contribution in [-0.2, 0) is 0 Å². The van der Waals surface area contributed by atoms with Gasteiger partial charge in [0.2, 0.25) is 0 Å². The third-order valence-electron chi connectivity index (χ3n) is 4.43. The first-order valence-electron chi connectivity index (χ1n) is 10.5. The highest BCUT2D eigenvalue weighted by molar-refractivity contribution is 7.97. The molecule has 0 spiro atoms. The number of carbonyl (C=O) groups excluding carboxylic acids is 1. The van der Waals surface area contributed by atoms with Crippen LogP contribution in [-0.4, -0.2) is 31.4 Å². The Labute approximate surface area is 199 Å². The Hall–Kier alpha value is -1.63. The van der Waals surface area contributed by atoms with Crippen molar-refractivity contribution in [3.8, 4) is 5.75 Å². The fraction of sp³-hybridized carbons (Fsp3) is 0.435. The Balaban J connectivity index is 0.00000113. The molecule has 8 heteroatoms. The van der Waals surface area contributed by atoms with E-state index < -0.39 is 11.7 Å². The molecule has 1 unspecified atom stereocenters. The minimum Gasteiger partial charge on any atom is -0.490 e. The second-order valence-corrected chi connectivity index (χ2v) is 7.63. The molecule has 0 bridgehead atoms. The molecule has 1 heterocycles. The van der Waals surface area contributed by atoms with Crippen molar-refractivity contribution in [3.63, 3.8) is 0 Å². The number of halogens is 3. The second-order valence-electron chi connectivity index (χ2n) is 6.17. The zero-order valence-corrected chi connectivity index (χ0v) is 21.0. The minimum atomic E-state index is -0.665. The maximum Gasteiger partial charge on any atom is 0.264 e. The number of nitrogens with zero attached hydrogens (tertiary/aromatic N) is 1. The summed E-state index contributed by atoms with van der Waals surface area (Å²) in [5, 5.41) is 0.900. The van der Waals surface area contributed by atoms with Gasteiger partial charge in [0, 0.05) is 29.6 Å². The third-order valence-corrected chi connectivity index (χ3v) is 5.36. The van der Waals surface area contributed by atoms with Gasteiger partial charge in [0.15, 0.2) is 0 Å². The van der Waals surface area contributed by atoms with E-state index in [9.17, 15) is 9.18 Å². The van der Waals surface area contributed by atoms with Gasteiger partial charge < -0.3 is 9.64 Å². The molecule has 1 atom stereocenters. The van der Waals surface area contributed by atoms with Gasteiger partial charge in [0.1, 0.15) is 18.2 Å². The number of benzene rings is 2. The fourth-order valence-corrected chi connectivity index (χ4v) is 3.77. The first-order valence-corrected chi connectivity index (χ1v) is 12.4. The summed E-state index contributed by atoms with van der Waals surface area (Å²) in [6, 6.07) is 10.3. The van der Waals surface area contributed by atoms with Crippen molar-refractivity contribution in [2.24, 2.45) is 0 Å². The number of ether oxygens (including phenoxy) is 1. The molecule has 0 aromatic heterocycles. The standard InChI is InChI=1S/C19H19Cl2FN2O2S.2C2H6/c1-27-23-19(25)15-9-16(21)18(10-17(15)22)26-11-14-3-2-8-24(14)13-6-4-12(20)5-7-13;2*1-2/h4-7,9-10,14H,2-3,8,11H2,1H3,(H,23,25);2*1-2H3. The average molecular weight is 489 g/mol. The summed E-state index contributed by atoms with van der Waals surface area (Å²) in [5.41, 5.74) is 0.970. The monoisotopic (exact) mass is 488 g/mol. The lowest BCUT2D eigenvalue weighted by molar-refractivity contribution is 0.0980. The van der Waals surface area contributed by atoms with Gasteiger partial charge >= 0.3 is 0 Å². The van der Waals surface area contributed by atoms with Gasteiger partial charge in [-0.25, -0.2) is 4.39 Å². The first-order chi connectivity index (χ1) is 15.0. The van der Waals surface area contributed by atoms with Crippen LogP contribution in [0.3, 0.4) is 0 Å². The molecule has 172 valence electrons. The van der Waals surface area contributed by atoms with E-state index in [0.717, 1.165) is 37.0 Å². The van der Waals surface area contributed by atoms with Gasteiger partial charge in [-0.3, -0.25) is 9.52 Å². The van der Waals surface area contributed by atoms with E-state index in [0.29, 0.717) is 11.6 Å². The number of carbonyl (C=O) groups is 1. The summed E-state index contributed by atoms with van der Waals surface area (Å²) in [4.78, 5) is 14.1. The van der Waals surface area contributed by atoms with Crippen molar-refractivity contribution >= 4 is 46.7 Å². The van der Waals surface area contributed by atoms with Gasteiger partial charge in [0.05, 0.1) is 16.6 Å². The highest BCUT2D eigenvalue weighted by Gasteiger charge is 2.26. The van der Waals surface area contributed by atoms with Crippen molar-refractivity contribution in [1.82, 2.24) is 4.72 Å². The van der Waals surface area contributed by atoms with E-state index in [1.165, 1.54) is 12.1 Å². The smallest absolute Gasteiger partial charge is 0.264 e. The molecule has 1 N–H and O–H groups in total. The number of anilines is 1. The van der Waals surface area contributed by atoms with Crippen LogP contribution in [0.25, 0.3) is 0 Å². The van der Waals surface area contributed by atoms with Gasteiger partial charge in [-0.05, 0) is 43.2 Å². The van der Waals surface area contributed by atoms with Crippen LogP contribution in [0.1, 0.15) is 50.9 Å². The highest BCUT2D eigenvalue weighted by Crippen LogP contribution is 2.31. The zero-order valence-electron chi connectivity index (χ0n) is 18.7. The quantitative estimate of drug-likeness (QED) is 0.435. The van der Waals surface area contributed by atoms with Crippen molar-refractivity contribution in [3.05, 3.63) is 57.8 Å². The molecule has 0 radical (unpaired) electrons. The molecule has 3 rings (SSSR count). The third kappa shape index (κ3) is 7.78. The maximum atomic E-state index is 14.3. The van der Waals surface area contributed by atoms with E-state index in [4.69, 9.17) is 27.9 Å². The molecular weight excluding hydrogens is 458 g/mol. The van der Waals surface area contributed by atoms with Crippen LogP contribution in [0.5, 0.6) is 5.75 Å². The van der Waals surface area contributed by atoms with E-state index >= 15 is 0 Å². The molecule has 0 saturated carbocycles. The number of rotatable bonds is 6. The fourth-order valence-electron chi connectivity index (χ4n) is 3.13. The van der Waals surface area contributed by atoms with Crippen molar-refractivity contribution in [1.29, 1.82) is 0 Å². The average Bonchev–Trinajstić information content (AvgIpc) is 3.26. The van der Waals surface area contributed by atoms with Gasteiger partial charge in [-0.1, -0.05) is 62.8 Å². The first kappa shape index (κ1) is 27.4. The topological polar surface area (TPSA) is 41.6 Å². The molecule has 2 aromatic rings. The van der Waals surface area contributed by atoms with E-state index in [2.05, 4.69) is 9.62 Å². The number of hydrogen-bond acceptors (Lipinski definition) is 4. The highest BCUT2D eigenvalue weighted by atomic mass is 35.5. The minimum absolute atomic E-state index is 0.106. The van der Waals surface area contributed by atoms with Crippen LogP contribution >= 0.6 is 35.1 Å².